The highest BCUT2D eigenvalue weighted by atomic mass is 16.1. The number of hydrogen-bond donors (Lipinski definition) is 1. The number of rotatable bonds is 5. The fraction of sp³-hybridized carbons (Fsp3) is 0.667. The number of anilines is 2. The Hall–Kier alpha value is -1.65. The first kappa shape index (κ1) is 14.8. The van der Waals surface area contributed by atoms with Crippen molar-refractivity contribution in [3.8, 4) is 0 Å². The number of nitrogens with zero attached hydrogens (tertiary/aromatic N) is 3. The minimum Gasteiger partial charge on any atom is -0.355 e. The van der Waals surface area contributed by atoms with E-state index in [-0.39, 0.29) is 5.91 Å². The summed E-state index contributed by atoms with van der Waals surface area (Å²) in [6.07, 6.45) is 7.52. The standard InChI is InChI=1S/C15H24N4O/c1-2-3-8-15(20)16-13-9-10-14(18-17-13)19-11-6-4-5-7-12-19/h9-10H,2-8,11-12H2,1H3,(H,16,17,20). The lowest BCUT2D eigenvalue weighted by atomic mass is 10.2. The fourth-order valence-corrected chi connectivity index (χ4v) is 2.40. The summed E-state index contributed by atoms with van der Waals surface area (Å²) >= 11 is 0. The molecule has 20 heavy (non-hydrogen) atoms. The van der Waals surface area contributed by atoms with Crippen LogP contribution < -0.4 is 10.2 Å². The number of carbonyl (C=O) groups excluding carboxylic acids is 1. The topological polar surface area (TPSA) is 58.1 Å². The van der Waals surface area contributed by atoms with Crippen molar-refractivity contribution in [1.82, 2.24) is 10.2 Å². The Morgan fingerprint density at radius 3 is 2.55 bits per heavy atom. The monoisotopic (exact) mass is 276 g/mol. The van der Waals surface area contributed by atoms with Crippen LogP contribution in [0.4, 0.5) is 11.6 Å². The Balaban J connectivity index is 1.90. The Morgan fingerprint density at radius 2 is 1.95 bits per heavy atom. The zero-order valence-electron chi connectivity index (χ0n) is 12.3. The normalized spacial score (nSPS) is 15.8. The van der Waals surface area contributed by atoms with Crippen molar-refractivity contribution in [2.45, 2.75) is 51.9 Å². The van der Waals surface area contributed by atoms with E-state index in [1.807, 2.05) is 12.1 Å². The van der Waals surface area contributed by atoms with Crippen molar-refractivity contribution >= 4 is 17.5 Å². The van der Waals surface area contributed by atoms with Gasteiger partial charge in [0.05, 0.1) is 0 Å². The average molecular weight is 276 g/mol. The van der Waals surface area contributed by atoms with Gasteiger partial charge in [0, 0.05) is 19.5 Å². The Kier molecular flexibility index (Phi) is 5.77. The molecule has 1 aromatic heterocycles. The van der Waals surface area contributed by atoms with E-state index >= 15 is 0 Å². The van der Waals surface area contributed by atoms with Crippen molar-refractivity contribution < 1.29 is 4.79 Å². The van der Waals surface area contributed by atoms with E-state index in [1.165, 1.54) is 25.7 Å². The second kappa shape index (κ2) is 7.82. The summed E-state index contributed by atoms with van der Waals surface area (Å²) in [5.41, 5.74) is 0. The Labute approximate surface area is 120 Å². The summed E-state index contributed by atoms with van der Waals surface area (Å²) in [5, 5.41) is 11.1. The molecule has 0 aromatic carbocycles. The molecule has 2 rings (SSSR count). The lowest BCUT2D eigenvalue weighted by molar-refractivity contribution is -0.116. The van der Waals surface area contributed by atoms with E-state index in [9.17, 15) is 4.79 Å². The van der Waals surface area contributed by atoms with E-state index in [0.717, 1.165) is 31.7 Å². The van der Waals surface area contributed by atoms with Gasteiger partial charge in [0.2, 0.25) is 5.91 Å². The molecule has 110 valence electrons. The number of aromatic nitrogens is 2. The van der Waals surface area contributed by atoms with E-state index in [2.05, 4.69) is 27.3 Å². The van der Waals surface area contributed by atoms with Crippen LogP contribution in [0, 0.1) is 0 Å². The second-order valence-electron chi connectivity index (χ2n) is 5.33. The highest BCUT2D eigenvalue weighted by Crippen LogP contribution is 2.17. The van der Waals surface area contributed by atoms with E-state index in [4.69, 9.17) is 0 Å². The third-order valence-corrected chi connectivity index (χ3v) is 3.61. The molecule has 0 aliphatic carbocycles. The lowest BCUT2D eigenvalue weighted by Gasteiger charge is -2.20. The van der Waals surface area contributed by atoms with Crippen molar-refractivity contribution in [2.75, 3.05) is 23.3 Å². The van der Waals surface area contributed by atoms with Gasteiger partial charge in [-0.25, -0.2) is 0 Å². The van der Waals surface area contributed by atoms with Gasteiger partial charge in [0.1, 0.15) is 0 Å². The molecule has 0 saturated carbocycles. The predicted octanol–water partition coefficient (Wildman–Crippen LogP) is 2.99. The number of hydrogen-bond acceptors (Lipinski definition) is 4. The molecule has 5 heteroatoms. The summed E-state index contributed by atoms with van der Waals surface area (Å²) in [6.45, 7) is 4.18. The van der Waals surface area contributed by atoms with Crippen molar-refractivity contribution in [3.63, 3.8) is 0 Å². The van der Waals surface area contributed by atoms with Crippen LogP contribution in [0.1, 0.15) is 51.9 Å². The predicted molar refractivity (Wildman–Crippen MR) is 80.9 cm³/mol. The highest BCUT2D eigenvalue weighted by molar-refractivity contribution is 5.89. The largest absolute Gasteiger partial charge is 0.355 e. The summed E-state index contributed by atoms with van der Waals surface area (Å²) in [4.78, 5) is 13.9. The maximum Gasteiger partial charge on any atom is 0.225 e. The minimum atomic E-state index is 0.0173. The number of amides is 1. The summed E-state index contributed by atoms with van der Waals surface area (Å²) < 4.78 is 0. The maximum absolute atomic E-state index is 11.6. The summed E-state index contributed by atoms with van der Waals surface area (Å²) in [7, 11) is 0. The molecule has 1 aromatic rings. The van der Waals surface area contributed by atoms with Crippen molar-refractivity contribution in [2.24, 2.45) is 0 Å². The van der Waals surface area contributed by atoms with E-state index in [0.29, 0.717) is 12.2 Å². The number of unbranched alkanes of at least 4 members (excludes halogenated alkanes) is 1. The summed E-state index contributed by atoms with van der Waals surface area (Å²) in [5.74, 6) is 1.48. The quantitative estimate of drug-likeness (QED) is 0.898. The third-order valence-electron chi connectivity index (χ3n) is 3.61. The molecule has 1 fully saturated rings. The van der Waals surface area contributed by atoms with Gasteiger partial charge in [-0.15, -0.1) is 10.2 Å². The van der Waals surface area contributed by atoms with Gasteiger partial charge in [-0.3, -0.25) is 4.79 Å². The number of carbonyl (C=O) groups is 1. The van der Waals surface area contributed by atoms with Crippen LogP contribution in [0.2, 0.25) is 0 Å². The van der Waals surface area contributed by atoms with Gasteiger partial charge in [-0.2, -0.15) is 0 Å². The lowest BCUT2D eigenvalue weighted by Crippen LogP contribution is -2.25. The van der Waals surface area contributed by atoms with Crippen LogP contribution in [-0.2, 0) is 4.79 Å². The molecular formula is C15H24N4O. The van der Waals surface area contributed by atoms with Crippen LogP contribution in [0.3, 0.4) is 0 Å². The highest BCUT2D eigenvalue weighted by Gasteiger charge is 2.11. The molecule has 0 unspecified atom stereocenters. The van der Waals surface area contributed by atoms with Gasteiger partial charge in [0.15, 0.2) is 11.6 Å². The fourth-order valence-electron chi connectivity index (χ4n) is 2.40. The molecule has 0 bridgehead atoms. The first-order valence-corrected chi connectivity index (χ1v) is 7.68. The molecule has 2 heterocycles. The molecule has 1 aliphatic heterocycles. The molecule has 0 radical (unpaired) electrons. The molecule has 0 atom stereocenters. The smallest absolute Gasteiger partial charge is 0.225 e. The van der Waals surface area contributed by atoms with Crippen LogP contribution in [0.5, 0.6) is 0 Å². The number of nitrogens with one attached hydrogen (secondary N) is 1. The molecule has 1 amide bonds. The molecule has 0 spiro atoms. The first-order chi connectivity index (χ1) is 9.79. The van der Waals surface area contributed by atoms with E-state index < -0.39 is 0 Å². The third kappa shape index (κ3) is 4.47. The Bertz CT molecular complexity index is 410. The molecule has 5 nitrogen and oxygen atoms in total. The van der Waals surface area contributed by atoms with Crippen LogP contribution in [-0.4, -0.2) is 29.2 Å². The van der Waals surface area contributed by atoms with Gasteiger partial charge in [-0.1, -0.05) is 26.2 Å². The molecular weight excluding hydrogens is 252 g/mol. The van der Waals surface area contributed by atoms with Crippen LogP contribution in [0.25, 0.3) is 0 Å². The zero-order valence-corrected chi connectivity index (χ0v) is 12.3. The van der Waals surface area contributed by atoms with Gasteiger partial charge >= 0.3 is 0 Å². The molecule has 1 saturated heterocycles. The molecule has 1 N–H and O–H groups in total. The average Bonchev–Trinajstić information content (AvgIpc) is 2.75. The first-order valence-electron chi connectivity index (χ1n) is 7.68. The zero-order chi connectivity index (χ0) is 14.2. The van der Waals surface area contributed by atoms with Gasteiger partial charge < -0.3 is 10.2 Å². The van der Waals surface area contributed by atoms with Gasteiger partial charge in [0.25, 0.3) is 0 Å². The van der Waals surface area contributed by atoms with Crippen LogP contribution >= 0.6 is 0 Å². The second-order valence-corrected chi connectivity index (χ2v) is 5.33. The SMILES string of the molecule is CCCCC(=O)Nc1ccc(N2CCCCCC2)nn1. The van der Waals surface area contributed by atoms with Crippen LogP contribution in [0.15, 0.2) is 12.1 Å². The maximum atomic E-state index is 11.6. The summed E-state index contributed by atoms with van der Waals surface area (Å²) in [6, 6.07) is 3.80. The minimum absolute atomic E-state index is 0.0173. The van der Waals surface area contributed by atoms with E-state index in [1.54, 1.807) is 0 Å². The Morgan fingerprint density at radius 1 is 1.20 bits per heavy atom. The molecule has 1 aliphatic rings. The van der Waals surface area contributed by atoms with Gasteiger partial charge in [-0.05, 0) is 31.4 Å². The van der Waals surface area contributed by atoms with Crippen molar-refractivity contribution in [1.29, 1.82) is 0 Å². The van der Waals surface area contributed by atoms with Crippen molar-refractivity contribution in [3.05, 3.63) is 12.1 Å².